The Morgan fingerprint density at radius 3 is 2.74 bits per heavy atom. The first kappa shape index (κ1) is 21.6. The molecule has 0 radical (unpaired) electrons. The van der Waals surface area contributed by atoms with Gasteiger partial charge in [0.2, 0.25) is 11.8 Å². The van der Waals surface area contributed by atoms with Gasteiger partial charge in [0.05, 0.1) is 11.0 Å². The number of hydrogen-bond donors (Lipinski definition) is 0. The summed E-state index contributed by atoms with van der Waals surface area (Å²) in [7, 11) is 0. The minimum atomic E-state index is -0.0724. The third-order valence-corrected chi connectivity index (χ3v) is 7.19. The lowest BCUT2D eigenvalue weighted by atomic mass is 10.0. The Balaban J connectivity index is 1.34. The number of aryl methyl sites for hydroxylation is 2. The van der Waals surface area contributed by atoms with Crippen molar-refractivity contribution in [3.05, 3.63) is 89.7 Å². The van der Waals surface area contributed by atoms with Crippen LogP contribution < -0.4 is 9.80 Å². The molecule has 6 rings (SSSR count). The first-order chi connectivity index (χ1) is 17.1. The molecule has 6 heteroatoms. The van der Waals surface area contributed by atoms with E-state index >= 15 is 0 Å². The molecule has 4 aromatic rings. The maximum Gasteiger partial charge on any atom is 0.246 e. The minimum Gasteiger partial charge on any atom is -0.318 e. The minimum absolute atomic E-state index is 0.0569. The van der Waals surface area contributed by atoms with Crippen LogP contribution in [-0.4, -0.2) is 34.5 Å². The van der Waals surface area contributed by atoms with Crippen LogP contribution in [0.5, 0.6) is 0 Å². The van der Waals surface area contributed by atoms with Crippen LogP contribution in [0.4, 0.5) is 11.4 Å². The summed E-state index contributed by atoms with van der Waals surface area (Å²) in [5, 5.41) is 0. The lowest BCUT2D eigenvalue weighted by Crippen LogP contribution is -2.38. The van der Waals surface area contributed by atoms with Gasteiger partial charge < -0.3 is 14.4 Å². The highest BCUT2D eigenvalue weighted by atomic mass is 16.2. The maximum absolute atomic E-state index is 13.6. The van der Waals surface area contributed by atoms with Gasteiger partial charge in [-0.3, -0.25) is 9.59 Å². The smallest absolute Gasteiger partial charge is 0.246 e. The summed E-state index contributed by atoms with van der Waals surface area (Å²) in [5.41, 5.74) is 6.06. The summed E-state index contributed by atoms with van der Waals surface area (Å²) in [6.07, 6.45) is 2.35. The molecule has 0 N–H and O–H groups in total. The molecule has 1 fully saturated rings. The van der Waals surface area contributed by atoms with Crippen molar-refractivity contribution >= 4 is 34.2 Å². The fourth-order valence-corrected chi connectivity index (χ4v) is 5.51. The Kier molecular flexibility index (Phi) is 5.36. The van der Waals surface area contributed by atoms with Gasteiger partial charge in [0.1, 0.15) is 12.4 Å². The molecule has 0 saturated carbocycles. The molecule has 176 valence electrons. The van der Waals surface area contributed by atoms with E-state index < -0.39 is 0 Å². The van der Waals surface area contributed by atoms with Gasteiger partial charge >= 0.3 is 0 Å². The van der Waals surface area contributed by atoms with Crippen LogP contribution in [0.2, 0.25) is 0 Å². The molecule has 35 heavy (non-hydrogen) atoms. The molecular weight excluding hydrogens is 436 g/mol. The normalized spacial score (nSPS) is 17.7. The second kappa shape index (κ2) is 8.69. The second-order valence-electron chi connectivity index (χ2n) is 9.57. The third-order valence-electron chi connectivity index (χ3n) is 7.19. The zero-order valence-corrected chi connectivity index (χ0v) is 19.9. The Morgan fingerprint density at radius 2 is 1.86 bits per heavy atom. The van der Waals surface area contributed by atoms with Crippen LogP contribution >= 0.6 is 0 Å². The Hall–Kier alpha value is -3.93. The zero-order valence-electron chi connectivity index (χ0n) is 19.9. The quantitative estimate of drug-likeness (QED) is 0.434. The lowest BCUT2D eigenvalue weighted by Gasteiger charge is -2.30. The number of nitrogens with zero attached hydrogens (tertiary/aromatic N) is 4. The molecule has 1 atom stereocenters. The summed E-state index contributed by atoms with van der Waals surface area (Å²) in [5.74, 6) is 0.891. The van der Waals surface area contributed by atoms with Crippen LogP contribution in [-0.2, 0) is 22.6 Å². The zero-order chi connectivity index (χ0) is 23.9. The van der Waals surface area contributed by atoms with Crippen molar-refractivity contribution < 1.29 is 9.59 Å². The van der Waals surface area contributed by atoms with Crippen molar-refractivity contribution in [1.29, 1.82) is 0 Å². The third kappa shape index (κ3) is 3.89. The molecule has 2 aliphatic rings. The monoisotopic (exact) mass is 464 g/mol. The van der Waals surface area contributed by atoms with E-state index in [0.717, 1.165) is 53.2 Å². The van der Waals surface area contributed by atoms with Crippen molar-refractivity contribution in [2.24, 2.45) is 0 Å². The highest BCUT2D eigenvalue weighted by Crippen LogP contribution is 2.34. The van der Waals surface area contributed by atoms with Crippen molar-refractivity contribution in [2.75, 3.05) is 22.9 Å². The van der Waals surface area contributed by atoms with Crippen LogP contribution in [0, 0.1) is 6.92 Å². The van der Waals surface area contributed by atoms with Gasteiger partial charge in [-0.25, -0.2) is 4.98 Å². The van der Waals surface area contributed by atoms with Crippen molar-refractivity contribution in [3.63, 3.8) is 0 Å². The number of fused-ring (bicyclic) bond motifs is 2. The predicted octanol–water partition coefficient (Wildman–Crippen LogP) is 4.84. The van der Waals surface area contributed by atoms with E-state index in [2.05, 4.69) is 6.07 Å². The number of benzene rings is 3. The highest BCUT2D eigenvalue weighted by molar-refractivity contribution is 5.97. The standard InChI is InChI=1S/C29H28N4O2/c1-20-8-6-11-23(16-20)32-18-22(17-27(32)34)29-30-24-12-3-5-14-26(24)33(29)19-28(35)31-15-7-10-21-9-2-4-13-25(21)31/h2-6,8-9,11-14,16,22H,7,10,15,17-19H2,1H3. The number of para-hydroxylation sites is 3. The summed E-state index contributed by atoms with van der Waals surface area (Å²) >= 11 is 0. The fraction of sp³-hybridized carbons (Fsp3) is 0.276. The Labute approximate surface area is 204 Å². The molecule has 0 bridgehead atoms. The second-order valence-corrected chi connectivity index (χ2v) is 9.57. The molecule has 1 unspecified atom stereocenters. The summed E-state index contributed by atoms with van der Waals surface area (Å²) in [6.45, 7) is 3.53. The molecule has 0 spiro atoms. The molecule has 1 saturated heterocycles. The number of hydrogen-bond acceptors (Lipinski definition) is 3. The van der Waals surface area contributed by atoms with E-state index in [4.69, 9.17) is 4.98 Å². The number of amides is 2. The Bertz CT molecular complexity index is 1440. The molecule has 2 aliphatic heterocycles. The van der Waals surface area contributed by atoms with Gasteiger partial charge in [0.25, 0.3) is 0 Å². The number of imidazole rings is 1. The SMILES string of the molecule is Cc1cccc(N2CC(c3nc4ccccc4n3CC(=O)N3CCCc4ccccc43)CC2=O)c1. The molecule has 1 aromatic heterocycles. The number of carbonyl (C=O) groups excluding carboxylic acids is 2. The average molecular weight is 465 g/mol. The van der Waals surface area contributed by atoms with Gasteiger partial charge in [-0.1, -0.05) is 42.5 Å². The highest BCUT2D eigenvalue weighted by Gasteiger charge is 2.35. The Morgan fingerprint density at radius 1 is 1.03 bits per heavy atom. The van der Waals surface area contributed by atoms with Crippen molar-refractivity contribution in [2.45, 2.75) is 38.6 Å². The lowest BCUT2D eigenvalue weighted by molar-refractivity contribution is -0.119. The molecule has 2 amide bonds. The first-order valence-electron chi connectivity index (χ1n) is 12.3. The van der Waals surface area contributed by atoms with E-state index in [9.17, 15) is 9.59 Å². The number of rotatable bonds is 4. The van der Waals surface area contributed by atoms with E-state index in [-0.39, 0.29) is 24.3 Å². The molecule has 6 nitrogen and oxygen atoms in total. The molecule has 0 aliphatic carbocycles. The van der Waals surface area contributed by atoms with E-state index in [1.165, 1.54) is 5.56 Å². The number of carbonyl (C=O) groups is 2. The van der Waals surface area contributed by atoms with E-state index in [1.54, 1.807) is 0 Å². The van der Waals surface area contributed by atoms with Gasteiger partial charge in [0.15, 0.2) is 0 Å². The van der Waals surface area contributed by atoms with Crippen LogP contribution in [0.3, 0.4) is 0 Å². The summed E-state index contributed by atoms with van der Waals surface area (Å²) in [4.78, 5) is 35.3. The maximum atomic E-state index is 13.6. The van der Waals surface area contributed by atoms with Crippen LogP contribution in [0.15, 0.2) is 72.8 Å². The predicted molar refractivity (Wildman–Crippen MR) is 138 cm³/mol. The average Bonchev–Trinajstić information content (AvgIpc) is 3.44. The van der Waals surface area contributed by atoms with Crippen molar-refractivity contribution in [3.8, 4) is 0 Å². The molecule has 3 aromatic carbocycles. The van der Waals surface area contributed by atoms with Gasteiger partial charge in [0, 0.05) is 36.8 Å². The van der Waals surface area contributed by atoms with Gasteiger partial charge in [-0.15, -0.1) is 0 Å². The van der Waals surface area contributed by atoms with E-state index in [1.807, 2.05) is 88.0 Å². The van der Waals surface area contributed by atoms with Crippen LogP contribution in [0.1, 0.15) is 35.7 Å². The summed E-state index contributed by atoms with van der Waals surface area (Å²) < 4.78 is 2.03. The van der Waals surface area contributed by atoms with Gasteiger partial charge in [-0.05, 0) is 61.2 Å². The van der Waals surface area contributed by atoms with Crippen LogP contribution in [0.25, 0.3) is 11.0 Å². The topological polar surface area (TPSA) is 58.4 Å². The number of anilines is 2. The summed E-state index contributed by atoms with van der Waals surface area (Å²) in [6, 6.07) is 24.1. The number of aromatic nitrogens is 2. The van der Waals surface area contributed by atoms with Crippen molar-refractivity contribution in [1.82, 2.24) is 9.55 Å². The van der Waals surface area contributed by atoms with Gasteiger partial charge in [-0.2, -0.15) is 0 Å². The fourth-order valence-electron chi connectivity index (χ4n) is 5.51. The first-order valence-corrected chi connectivity index (χ1v) is 12.3. The molecule has 3 heterocycles. The molecular formula is C29H28N4O2. The largest absolute Gasteiger partial charge is 0.318 e. The van der Waals surface area contributed by atoms with E-state index in [0.29, 0.717) is 13.0 Å².